The predicted molar refractivity (Wildman–Crippen MR) is 94.7 cm³/mol. The fraction of sp³-hybridized carbons (Fsp3) is 0.684. The molecule has 4 heteroatoms. The summed E-state index contributed by atoms with van der Waals surface area (Å²) in [6.45, 7) is 0.836. The monoisotopic (exact) mass is 379 g/mol. The van der Waals surface area contributed by atoms with Gasteiger partial charge in [0.1, 0.15) is 0 Å². The number of hydrogen-bond acceptors (Lipinski definition) is 3. The summed E-state index contributed by atoms with van der Waals surface area (Å²) in [6, 6.07) is 3.78. The molecule has 23 heavy (non-hydrogen) atoms. The zero-order valence-corrected chi connectivity index (χ0v) is 15.6. The number of nitrogens with zero attached hydrogens (tertiary/aromatic N) is 1. The van der Waals surface area contributed by atoms with Crippen LogP contribution in [0.3, 0.4) is 0 Å². The number of aromatic hydroxyl groups is 1. The maximum Gasteiger partial charge on any atom is 0.165 e. The lowest BCUT2D eigenvalue weighted by Crippen LogP contribution is -2.58. The summed E-state index contributed by atoms with van der Waals surface area (Å²) in [5.41, 5.74) is 1.44. The van der Waals surface area contributed by atoms with Crippen molar-refractivity contribution in [1.82, 2.24) is 4.90 Å². The van der Waals surface area contributed by atoms with Crippen LogP contribution in [0.25, 0.3) is 0 Å². The van der Waals surface area contributed by atoms with Gasteiger partial charge in [-0.3, -0.25) is 4.90 Å². The summed E-state index contributed by atoms with van der Waals surface area (Å²) in [5.74, 6) is 3.67. The maximum atomic E-state index is 10.1. The van der Waals surface area contributed by atoms with Gasteiger partial charge in [-0.25, -0.2) is 0 Å². The van der Waals surface area contributed by atoms with E-state index in [1.54, 1.807) is 13.2 Å². The van der Waals surface area contributed by atoms with Crippen molar-refractivity contribution in [2.75, 3.05) is 14.2 Å². The van der Waals surface area contributed by atoms with Gasteiger partial charge in [-0.05, 0) is 75.5 Å². The van der Waals surface area contributed by atoms with Crippen molar-refractivity contribution in [2.24, 2.45) is 17.8 Å². The molecule has 4 aliphatic rings. The summed E-state index contributed by atoms with van der Waals surface area (Å²) >= 11 is 3.50. The number of phenols is 1. The summed E-state index contributed by atoms with van der Waals surface area (Å²) in [5, 5.41) is 10.1. The molecule has 0 aliphatic heterocycles. The molecule has 4 saturated carbocycles. The van der Waals surface area contributed by atoms with E-state index in [2.05, 4.69) is 33.9 Å². The molecule has 0 radical (unpaired) electrons. The zero-order valence-electron chi connectivity index (χ0n) is 14.0. The third-order valence-electron chi connectivity index (χ3n) is 6.54. The molecule has 1 aromatic carbocycles. The molecule has 0 atom stereocenters. The molecule has 0 spiro atoms. The van der Waals surface area contributed by atoms with Crippen LogP contribution in [-0.4, -0.2) is 29.7 Å². The Hall–Kier alpha value is -0.740. The molecule has 4 aliphatic carbocycles. The number of benzene rings is 1. The highest BCUT2D eigenvalue weighted by Gasteiger charge is 2.52. The van der Waals surface area contributed by atoms with Crippen molar-refractivity contribution in [2.45, 2.75) is 50.6 Å². The summed E-state index contributed by atoms with van der Waals surface area (Å²) in [7, 11) is 3.90. The zero-order chi connectivity index (χ0) is 16.2. The highest BCUT2D eigenvalue weighted by Crippen LogP contribution is 2.57. The standard InChI is InChI=1S/C19H26BrNO2/c1-21(11-15-6-16(20)7-17(22)18(15)23-2)19-8-12-3-13(9-19)5-14(4-12)10-19/h6-7,12-14,22H,3-5,8-11H2,1-2H3. The van der Waals surface area contributed by atoms with Gasteiger partial charge >= 0.3 is 0 Å². The summed E-state index contributed by atoms with van der Waals surface area (Å²) < 4.78 is 6.36. The van der Waals surface area contributed by atoms with E-state index in [0.717, 1.165) is 34.3 Å². The van der Waals surface area contributed by atoms with Gasteiger partial charge in [0.15, 0.2) is 11.5 Å². The fourth-order valence-corrected chi connectivity index (χ4v) is 6.44. The molecule has 0 amide bonds. The Morgan fingerprint density at radius 3 is 2.26 bits per heavy atom. The van der Waals surface area contributed by atoms with Crippen LogP contribution in [0, 0.1) is 17.8 Å². The number of rotatable bonds is 4. The lowest BCUT2D eigenvalue weighted by atomic mass is 9.52. The first-order valence-corrected chi connectivity index (χ1v) is 9.55. The topological polar surface area (TPSA) is 32.7 Å². The first kappa shape index (κ1) is 15.8. The first-order chi connectivity index (χ1) is 11.0. The second-order valence-electron chi connectivity index (χ2n) is 8.12. The van der Waals surface area contributed by atoms with Crippen molar-refractivity contribution in [3.8, 4) is 11.5 Å². The molecule has 0 heterocycles. The highest BCUT2D eigenvalue weighted by molar-refractivity contribution is 9.10. The lowest BCUT2D eigenvalue weighted by Gasteiger charge is -2.60. The van der Waals surface area contributed by atoms with Gasteiger partial charge in [0.2, 0.25) is 0 Å². The van der Waals surface area contributed by atoms with E-state index in [0.29, 0.717) is 11.3 Å². The lowest BCUT2D eigenvalue weighted by molar-refractivity contribution is -0.0823. The van der Waals surface area contributed by atoms with E-state index < -0.39 is 0 Å². The van der Waals surface area contributed by atoms with E-state index in [1.807, 2.05) is 0 Å². The predicted octanol–water partition coefficient (Wildman–Crippen LogP) is 4.56. The van der Waals surface area contributed by atoms with Gasteiger partial charge in [-0.2, -0.15) is 0 Å². The van der Waals surface area contributed by atoms with Gasteiger partial charge in [0.05, 0.1) is 7.11 Å². The Morgan fingerprint density at radius 2 is 1.74 bits per heavy atom. The van der Waals surface area contributed by atoms with E-state index in [9.17, 15) is 5.11 Å². The van der Waals surface area contributed by atoms with Gasteiger partial charge in [0.25, 0.3) is 0 Å². The maximum absolute atomic E-state index is 10.1. The minimum Gasteiger partial charge on any atom is -0.504 e. The first-order valence-electron chi connectivity index (χ1n) is 8.76. The summed E-state index contributed by atoms with van der Waals surface area (Å²) in [4.78, 5) is 2.56. The number of ether oxygens (including phenoxy) is 1. The van der Waals surface area contributed by atoms with Gasteiger partial charge < -0.3 is 9.84 Å². The molecule has 3 nitrogen and oxygen atoms in total. The van der Waals surface area contributed by atoms with E-state index in [-0.39, 0.29) is 5.75 Å². The Labute approximate surface area is 147 Å². The van der Waals surface area contributed by atoms with Gasteiger partial charge in [-0.15, -0.1) is 0 Å². The van der Waals surface area contributed by atoms with Crippen molar-refractivity contribution in [1.29, 1.82) is 0 Å². The van der Waals surface area contributed by atoms with Crippen LogP contribution in [0.4, 0.5) is 0 Å². The quantitative estimate of drug-likeness (QED) is 0.831. The second kappa shape index (κ2) is 5.66. The average Bonchev–Trinajstić information content (AvgIpc) is 2.45. The largest absolute Gasteiger partial charge is 0.504 e. The summed E-state index contributed by atoms with van der Waals surface area (Å²) in [6.07, 6.45) is 8.48. The Kier molecular flexibility index (Phi) is 3.88. The van der Waals surface area contributed by atoms with Crippen LogP contribution in [0.5, 0.6) is 11.5 Å². The van der Waals surface area contributed by atoms with Crippen molar-refractivity contribution in [3.05, 3.63) is 22.2 Å². The molecule has 1 aromatic rings. The van der Waals surface area contributed by atoms with Crippen LogP contribution in [-0.2, 0) is 6.54 Å². The smallest absolute Gasteiger partial charge is 0.165 e. The second-order valence-corrected chi connectivity index (χ2v) is 9.03. The SMILES string of the molecule is COc1c(O)cc(Br)cc1CN(C)C12CC3CC(CC(C3)C1)C2. The minimum atomic E-state index is 0.218. The van der Waals surface area contributed by atoms with Gasteiger partial charge in [0, 0.05) is 22.1 Å². The molecule has 0 saturated heterocycles. The molecule has 1 N–H and O–H groups in total. The molecule has 0 aromatic heterocycles. The van der Waals surface area contributed by atoms with Crippen LogP contribution >= 0.6 is 15.9 Å². The number of halogens is 1. The molecule has 4 fully saturated rings. The van der Waals surface area contributed by atoms with Crippen LogP contribution in [0.2, 0.25) is 0 Å². The van der Waals surface area contributed by atoms with Crippen molar-refractivity contribution in [3.63, 3.8) is 0 Å². The minimum absolute atomic E-state index is 0.218. The molecule has 4 bridgehead atoms. The number of phenolic OH excluding ortho intramolecular Hbond substituents is 1. The highest BCUT2D eigenvalue weighted by atomic mass is 79.9. The normalized spacial score (nSPS) is 35.0. The Bertz CT molecular complexity index is 580. The van der Waals surface area contributed by atoms with E-state index in [1.165, 1.54) is 38.5 Å². The Morgan fingerprint density at radius 1 is 1.17 bits per heavy atom. The third kappa shape index (κ3) is 2.68. The van der Waals surface area contributed by atoms with Gasteiger partial charge in [-0.1, -0.05) is 15.9 Å². The van der Waals surface area contributed by atoms with Crippen LogP contribution < -0.4 is 4.74 Å². The van der Waals surface area contributed by atoms with E-state index >= 15 is 0 Å². The van der Waals surface area contributed by atoms with Crippen molar-refractivity contribution < 1.29 is 9.84 Å². The Balaban J connectivity index is 1.60. The van der Waals surface area contributed by atoms with E-state index in [4.69, 9.17) is 4.74 Å². The molecule has 126 valence electrons. The fourth-order valence-electron chi connectivity index (χ4n) is 5.94. The number of hydrogen-bond donors (Lipinski definition) is 1. The van der Waals surface area contributed by atoms with Crippen LogP contribution in [0.15, 0.2) is 16.6 Å². The third-order valence-corrected chi connectivity index (χ3v) is 7.00. The van der Waals surface area contributed by atoms with Crippen LogP contribution in [0.1, 0.15) is 44.1 Å². The number of methoxy groups -OCH3 is 1. The molecular weight excluding hydrogens is 354 g/mol. The molecular formula is C19H26BrNO2. The average molecular weight is 380 g/mol. The van der Waals surface area contributed by atoms with Crippen molar-refractivity contribution >= 4 is 15.9 Å². The molecule has 0 unspecified atom stereocenters. The molecule has 5 rings (SSSR count).